The molecule has 0 fully saturated rings. The van der Waals surface area contributed by atoms with Crippen molar-refractivity contribution in [2.24, 2.45) is 7.05 Å². The Morgan fingerprint density at radius 2 is 1.62 bits per heavy atom. The van der Waals surface area contributed by atoms with E-state index in [0.29, 0.717) is 15.8 Å². The number of benzene rings is 2. The second kappa shape index (κ2) is 9.45. The van der Waals surface area contributed by atoms with Gasteiger partial charge in [0.15, 0.2) is 20.8 Å². The molecule has 0 radical (unpaired) electrons. The summed E-state index contributed by atoms with van der Waals surface area (Å²) in [5, 5.41) is 9.25. The lowest BCUT2D eigenvalue weighted by molar-refractivity contribution is 0.597. The molecule has 3 rings (SSSR count). The SMILES string of the molecule is CCN(CC)c1ccc(-c2nnc(SCCS(=O)(=O)c3ccccc3)n2C)cc1. The molecular weight excluding hydrogens is 404 g/mol. The molecule has 0 amide bonds. The average molecular weight is 431 g/mol. The summed E-state index contributed by atoms with van der Waals surface area (Å²) in [6.45, 7) is 6.21. The van der Waals surface area contributed by atoms with Crippen LogP contribution in [0.1, 0.15) is 13.8 Å². The molecule has 8 heteroatoms. The van der Waals surface area contributed by atoms with E-state index >= 15 is 0 Å². The van der Waals surface area contributed by atoms with Gasteiger partial charge in [-0.3, -0.25) is 0 Å². The maximum atomic E-state index is 12.4. The predicted molar refractivity (Wildman–Crippen MR) is 119 cm³/mol. The molecule has 2 aromatic carbocycles. The molecule has 0 spiro atoms. The number of thioether (sulfide) groups is 1. The van der Waals surface area contributed by atoms with Crippen molar-refractivity contribution in [3.05, 3.63) is 54.6 Å². The highest BCUT2D eigenvalue weighted by molar-refractivity contribution is 8.00. The zero-order valence-corrected chi connectivity index (χ0v) is 18.6. The Bertz CT molecular complexity index is 1030. The van der Waals surface area contributed by atoms with Crippen LogP contribution in [-0.2, 0) is 16.9 Å². The molecule has 154 valence electrons. The van der Waals surface area contributed by atoms with Gasteiger partial charge in [-0.15, -0.1) is 10.2 Å². The molecule has 0 aliphatic carbocycles. The maximum absolute atomic E-state index is 12.4. The molecule has 3 aromatic rings. The highest BCUT2D eigenvalue weighted by atomic mass is 32.2. The lowest BCUT2D eigenvalue weighted by Gasteiger charge is -2.21. The molecule has 0 saturated carbocycles. The van der Waals surface area contributed by atoms with E-state index in [1.807, 2.05) is 29.8 Å². The van der Waals surface area contributed by atoms with Crippen LogP contribution < -0.4 is 4.90 Å². The fourth-order valence-electron chi connectivity index (χ4n) is 3.09. The van der Waals surface area contributed by atoms with E-state index in [9.17, 15) is 8.42 Å². The van der Waals surface area contributed by atoms with Crippen LogP contribution in [0.2, 0.25) is 0 Å². The molecule has 0 aliphatic heterocycles. The van der Waals surface area contributed by atoms with E-state index in [0.717, 1.165) is 24.5 Å². The molecule has 0 aliphatic rings. The minimum absolute atomic E-state index is 0.0580. The van der Waals surface area contributed by atoms with Crippen LogP contribution in [0.15, 0.2) is 64.6 Å². The Morgan fingerprint density at radius 1 is 0.966 bits per heavy atom. The second-order valence-electron chi connectivity index (χ2n) is 6.56. The Balaban J connectivity index is 1.67. The van der Waals surface area contributed by atoms with Crippen molar-refractivity contribution in [2.75, 3.05) is 29.5 Å². The zero-order valence-electron chi connectivity index (χ0n) is 16.9. The number of sulfone groups is 1. The highest BCUT2D eigenvalue weighted by Crippen LogP contribution is 2.25. The second-order valence-corrected chi connectivity index (χ2v) is 9.74. The Hall–Kier alpha value is -2.32. The molecule has 1 heterocycles. The number of aromatic nitrogens is 3. The van der Waals surface area contributed by atoms with Crippen molar-refractivity contribution in [1.82, 2.24) is 14.8 Å². The molecule has 0 N–H and O–H groups in total. The van der Waals surface area contributed by atoms with Gasteiger partial charge >= 0.3 is 0 Å². The van der Waals surface area contributed by atoms with Gasteiger partial charge in [0, 0.05) is 37.1 Å². The molecule has 29 heavy (non-hydrogen) atoms. The quantitative estimate of drug-likeness (QED) is 0.480. The van der Waals surface area contributed by atoms with Crippen LogP contribution in [0, 0.1) is 0 Å². The fourth-order valence-corrected chi connectivity index (χ4v) is 5.67. The molecule has 0 bridgehead atoms. The average Bonchev–Trinajstić information content (AvgIpc) is 3.10. The predicted octanol–water partition coefficient (Wildman–Crippen LogP) is 3.89. The highest BCUT2D eigenvalue weighted by Gasteiger charge is 2.16. The van der Waals surface area contributed by atoms with Crippen molar-refractivity contribution in [3.63, 3.8) is 0 Å². The van der Waals surface area contributed by atoms with E-state index in [1.165, 1.54) is 17.4 Å². The minimum Gasteiger partial charge on any atom is -0.372 e. The molecule has 6 nitrogen and oxygen atoms in total. The summed E-state index contributed by atoms with van der Waals surface area (Å²) in [6, 6.07) is 16.8. The standard InChI is InChI=1S/C21H26N4O2S2/c1-4-25(5-2)18-13-11-17(12-14-18)20-22-23-21(24(20)3)28-15-16-29(26,27)19-9-7-6-8-10-19/h6-14H,4-5,15-16H2,1-3H3. The Morgan fingerprint density at radius 3 is 2.24 bits per heavy atom. The van der Waals surface area contributed by atoms with Crippen LogP contribution in [0.3, 0.4) is 0 Å². The smallest absolute Gasteiger partial charge is 0.191 e. The lowest BCUT2D eigenvalue weighted by Crippen LogP contribution is -2.21. The first kappa shape index (κ1) is 21.4. The first-order chi connectivity index (χ1) is 14.0. The zero-order chi connectivity index (χ0) is 20.9. The van der Waals surface area contributed by atoms with E-state index in [1.54, 1.807) is 24.3 Å². The Kier molecular flexibility index (Phi) is 6.97. The molecular formula is C21H26N4O2S2. The van der Waals surface area contributed by atoms with Gasteiger partial charge < -0.3 is 9.47 Å². The number of nitrogens with zero attached hydrogens (tertiary/aromatic N) is 4. The van der Waals surface area contributed by atoms with Crippen molar-refractivity contribution in [1.29, 1.82) is 0 Å². The number of rotatable bonds is 9. The maximum Gasteiger partial charge on any atom is 0.191 e. The van der Waals surface area contributed by atoms with Gasteiger partial charge in [-0.1, -0.05) is 30.0 Å². The van der Waals surface area contributed by atoms with Crippen LogP contribution >= 0.6 is 11.8 Å². The van der Waals surface area contributed by atoms with Crippen LogP contribution in [-0.4, -0.2) is 47.8 Å². The molecule has 0 unspecified atom stereocenters. The number of hydrogen-bond donors (Lipinski definition) is 0. The van der Waals surface area contributed by atoms with Crippen LogP contribution in [0.4, 0.5) is 5.69 Å². The first-order valence-corrected chi connectivity index (χ1v) is 12.3. The lowest BCUT2D eigenvalue weighted by atomic mass is 10.2. The minimum atomic E-state index is -3.29. The largest absolute Gasteiger partial charge is 0.372 e. The van der Waals surface area contributed by atoms with Gasteiger partial charge in [0.2, 0.25) is 0 Å². The van der Waals surface area contributed by atoms with E-state index in [4.69, 9.17) is 0 Å². The topological polar surface area (TPSA) is 68.1 Å². The van der Waals surface area contributed by atoms with Gasteiger partial charge in [-0.25, -0.2) is 8.42 Å². The van der Waals surface area contributed by atoms with E-state index in [2.05, 4.69) is 41.1 Å². The summed E-state index contributed by atoms with van der Waals surface area (Å²) >= 11 is 1.40. The summed E-state index contributed by atoms with van der Waals surface area (Å²) in [5.41, 5.74) is 2.17. The summed E-state index contributed by atoms with van der Waals surface area (Å²) in [7, 11) is -1.39. The van der Waals surface area contributed by atoms with Gasteiger partial charge in [0.05, 0.1) is 10.6 Å². The van der Waals surface area contributed by atoms with Gasteiger partial charge in [-0.05, 0) is 50.2 Å². The number of anilines is 1. The summed E-state index contributed by atoms with van der Waals surface area (Å²) < 4.78 is 26.7. The summed E-state index contributed by atoms with van der Waals surface area (Å²) in [4.78, 5) is 2.64. The Labute approximate surface area is 176 Å². The van der Waals surface area contributed by atoms with E-state index < -0.39 is 9.84 Å². The number of hydrogen-bond acceptors (Lipinski definition) is 6. The van der Waals surface area contributed by atoms with Crippen molar-refractivity contribution < 1.29 is 8.42 Å². The normalized spacial score (nSPS) is 11.6. The molecule has 0 atom stereocenters. The van der Waals surface area contributed by atoms with Gasteiger partial charge in [0.25, 0.3) is 0 Å². The fraction of sp³-hybridized carbons (Fsp3) is 0.333. The molecule has 1 aromatic heterocycles. The van der Waals surface area contributed by atoms with Crippen molar-refractivity contribution >= 4 is 27.3 Å². The first-order valence-electron chi connectivity index (χ1n) is 9.61. The van der Waals surface area contributed by atoms with Crippen LogP contribution in [0.5, 0.6) is 0 Å². The van der Waals surface area contributed by atoms with Crippen LogP contribution in [0.25, 0.3) is 11.4 Å². The van der Waals surface area contributed by atoms with Crippen molar-refractivity contribution in [3.8, 4) is 11.4 Å². The summed E-state index contributed by atoms with van der Waals surface area (Å²) in [5.74, 6) is 1.25. The monoisotopic (exact) mass is 430 g/mol. The molecule has 0 saturated heterocycles. The van der Waals surface area contributed by atoms with E-state index in [-0.39, 0.29) is 5.75 Å². The van der Waals surface area contributed by atoms with Crippen molar-refractivity contribution in [2.45, 2.75) is 23.9 Å². The third-order valence-electron chi connectivity index (χ3n) is 4.77. The van der Waals surface area contributed by atoms with Gasteiger partial charge in [0.1, 0.15) is 0 Å². The van der Waals surface area contributed by atoms with Gasteiger partial charge in [-0.2, -0.15) is 0 Å². The summed E-state index contributed by atoms with van der Waals surface area (Å²) in [6.07, 6.45) is 0. The third-order valence-corrected chi connectivity index (χ3v) is 7.79. The third kappa shape index (κ3) is 5.00.